The highest BCUT2D eigenvalue weighted by atomic mass is 16.5. The second-order valence-corrected chi connectivity index (χ2v) is 5.22. The SMILES string of the molecule is COC(=O)Nc1cn(CC(=O)Nc2ccc3[nH]c(C)cc3c2)nn1. The third-order valence-corrected chi connectivity index (χ3v) is 3.30. The smallest absolute Gasteiger partial charge is 0.412 e. The van der Waals surface area contributed by atoms with Crippen LogP contribution in [-0.2, 0) is 16.1 Å². The van der Waals surface area contributed by atoms with Crippen molar-refractivity contribution in [2.24, 2.45) is 0 Å². The number of amides is 2. The molecule has 9 heteroatoms. The number of nitrogens with zero attached hydrogens (tertiary/aromatic N) is 3. The van der Waals surface area contributed by atoms with Crippen LogP contribution in [0.25, 0.3) is 10.9 Å². The van der Waals surface area contributed by atoms with Crippen LogP contribution in [0.2, 0.25) is 0 Å². The molecule has 0 spiro atoms. The molecule has 0 aliphatic rings. The predicted octanol–water partition coefficient (Wildman–Crippen LogP) is 1.88. The topological polar surface area (TPSA) is 114 Å². The van der Waals surface area contributed by atoms with Gasteiger partial charge in [0.15, 0.2) is 5.82 Å². The number of aromatic nitrogens is 4. The van der Waals surface area contributed by atoms with E-state index in [0.29, 0.717) is 5.69 Å². The fraction of sp³-hybridized carbons (Fsp3) is 0.200. The van der Waals surface area contributed by atoms with E-state index < -0.39 is 6.09 Å². The Labute approximate surface area is 137 Å². The lowest BCUT2D eigenvalue weighted by Crippen LogP contribution is -2.19. The van der Waals surface area contributed by atoms with E-state index in [2.05, 4.69) is 30.7 Å². The van der Waals surface area contributed by atoms with Gasteiger partial charge in [-0.3, -0.25) is 10.1 Å². The molecule has 124 valence electrons. The average molecular weight is 328 g/mol. The first-order valence-electron chi connectivity index (χ1n) is 7.18. The van der Waals surface area contributed by atoms with Gasteiger partial charge in [-0.15, -0.1) is 5.10 Å². The maximum absolute atomic E-state index is 12.1. The van der Waals surface area contributed by atoms with Gasteiger partial charge in [-0.1, -0.05) is 5.21 Å². The molecule has 0 atom stereocenters. The molecule has 24 heavy (non-hydrogen) atoms. The van der Waals surface area contributed by atoms with Crippen molar-refractivity contribution in [1.29, 1.82) is 0 Å². The van der Waals surface area contributed by atoms with Gasteiger partial charge in [-0.25, -0.2) is 9.48 Å². The number of hydrogen-bond acceptors (Lipinski definition) is 5. The summed E-state index contributed by atoms with van der Waals surface area (Å²) in [6, 6.07) is 7.63. The minimum atomic E-state index is -0.651. The normalized spacial score (nSPS) is 10.6. The second-order valence-electron chi connectivity index (χ2n) is 5.22. The van der Waals surface area contributed by atoms with E-state index in [-0.39, 0.29) is 18.3 Å². The lowest BCUT2D eigenvalue weighted by atomic mass is 10.2. The Morgan fingerprint density at radius 2 is 2.12 bits per heavy atom. The largest absolute Gasteiger partial charge is 0.453 e. The van der Waals surface area contributed by atoms with Crippen LogP contribution in [0.1, 0.15) is 5.69 Å². The Balaban J connectivity index is 1.63. The fourth-order valence-electron chi connectivity index (χ4n) is 2.29. The Morgan fingerprint density at radius 3 is 2.92 bits per heavy atom. The van der Waals surface area contributed by atoms with Crippen LogP contribution in [0.3, 0.4) is 0 Å². The molecule has 2 aromatic heterocycles. The molecular formula is C15H16N6O3. The molecule has 0 radical (unpaired) electrons. The number of H-pyrrole nitrogens is 1. The summed E-state index contributed by atoms with van der Waals surface area (Å²) in [6.45, 7) is 1.95. The molecule has 0 aliphatic heterocycles. The molecule has 0 aliphatic carbocycles. The minimum Gasteiger partial charge on any atom is -0.453 e. The van der Waals surface area contributed by atoms with Crippen molar-refractivity contribution in [3.63, 3.8) is 0 Å². The molecule has 3 rings (SSSR count). The quantitative estimate of drug-likeness (QED) is 0.676. The summed E-state index contributed by atoms with van der Waals surface area (Å²) < 4.78 is 5.77. The number of anilines is 2. The summed E-state index contributed by atoms with van der Waals surface area (Å²) in [4.78, 5) is 26.4. The molecule has 0 bridgehead atoms. The van der Waals surface area contributed by atoms with Gasteiger partial charge < -0.3 is 15.0 Å². The Bertz CT molecular complexity index is 898. The molecule has 3 N–H and O–H groups in total. The van der Waals surface area contributed by atoms with Crippen LogP contribution in [0.15, 0.2) is 30.5 Å². The number of carbonyl (C=O) groups is 2. The number of ether oxygens (including phenoxy) is 1. The molecule has 0 saturated heterocycles. The number of rotatable bonds is 4. The first-order valence-corrected chi connectivity index (χ1v) is 7.18. The van der Waals surface area contributed by atoms with Crippen LogP contribution in [0, 0.1) is 6.92 Å². The monoisotopic (exact) mass is 328 g/mol. The Morgan fingerprint density at radius 1 is 1.29 bits per heavy atom. The van der Waals surface area contributed by atoms with Gasteiger partial charge in [0.1, 0.15) is 6.54 Å². The van der Waals surface area contributed by atoms with E-state index in [1.165, 1.54) is 18.0 Å². The minimum absolute atomic E-state index is 0.0277. The predicted molar refractivity (Wildman–Crippen MR) is 87.7 cm³/mol. The standard InChI is InChI=1S/C15H16N6O3/c1-9-5-10-6-11(3-4-12(10)16-9)17-14(22)8-21-7-13(19-20-21)18-15(23)24-2/h3-7,16H,8H2,1-2H3,(H,17,22)(H,18,23). The summed E-state index contributed by atoms with van der Waals surface area (Å²) >= 11 is 0. The Kier molecular flexibility index (Phi) is 4.15. The first kappa shape index (κ1) is 15.5. The van der Waals surface area contributed by atoms with Gasteiger partial charge in [0, 0.05) is 22.3 Å². The van der Waals surface area contributed by atoms with Gasteiger partial charge in [0.2, 0.25) is 5.91 Å². The van der Waals surface area contributed by atoms with Crippen molar-refractivity contribution < 1.29 is 14.3 Å². The van der Waals surface area contributed by atoms with Crippen LogP contribution >= 0.6 is 0 Å². The van der Waals surface area contributed by atoms with Gasteiger partial charge in [-0.05, 0) is 31.2 Å². The fourth-order valence-corrected chi connectivity index (χ4v) is 2.29. The summed E-state index contributed by atoms with van der Waals surface area (Å²) in [5.74, 6) is -0.0463. The van der Waals surface area contributed by atoms with Crippen LogP contribution < -0.4 is 10.6 Å². The average Bonchev–Trinajstić information content (AvgIpc) is 3.11. The number of aromatic amines is 1. The maximum atomic E-state index is 12.1. The Hall–Kier alpha value is -3.36. The molecular weight excluding hydrogens is 312 g/mol. The zero-order chi connectivity index (χ0) is 17.1. The number of aryl methyl sites for hydroxylation is 1. The third kappa shape index (κ3) is 3.51. The van der Waals surface area contributed by atoms with Crippen molar-refractivity contribution in [1.82, 2.24) is 20.0 Å². The molecule has 9 nitrogen and oxygen atoms in total. The van der Waals surface area contributed by atoms with Crippen molar-refractivity contribution in [2.45, 2.75) is 13.5 Å². The zero-order valence-corrected chi connectivity index (χ0v) is 13.2. The van der Waals surface area contributed by atoms with E-state index >= 15 is 0 Å². The highest BCUT2D eigenvalue weighted by molar-refractivity contribution is 5.93. The summed E-state index contributed by atoms with van der Waals surface area (Å²) in [6.07, 6.45) is 0.788. The third-order valence-electron chi connectivity index (χ3n) is 3.30. The van der Waals surface area contributed by atoms with E-state index in [1.807, 2.05) is 31.2 Å². The summed E-state index contributed by atoms with van der Waals surface area (Å²) in [5, 5.41) is 13.7. The number of methoxy groups -OCH3 is 1. The highest BCUT2D eigenvalue weighted by Crippen LogP contribution is 2.19. The molecule has 2 amide bonds. The van der Waals surface area contributed by atoms with Gasteiger partial charge >= 0.3 is 6.09 Å². The number of hydrogen-bond donors (Lipinski definition) is 3. The first-order chi connectivity index (χ1) is 11.5. The van der Waals surface area contributed by atoms with Crippen LogP contribution in [-0.4, -0.2) is 39.1 Å². The van der Waals surface area contributed by atoms with Crippen LogP contribution in [0.5, 0.6) is 0 Å². The number of nitrogens with one attached hydrogen (secondary N) is 3. The molecule has 0 saturated carbocycles. The highest BCUT2D eigenvalue weighted by Gasteiger charge is 2.09. The molecule has 3 aromatic rings. The number of benzene rings is 1. The van der Waals surface area contributed by atoms with E-state index in [0.717, 1.165) is 16.6 Å². The summed E-state index contributed by atoms with van der Waals surface area (Å²) in [5.41, 5.74) is 2.77. The second kappa shape index (κ2) is 6.41. The van der Waals surface area contributed by atoms with Crippen molar-refractivity contribution in [2.75, 3.05) is 17.7 Å². The molecule has 2 heterocycles. The van der Waals surface area contributed by atoms with Gasteiger partial charge in [0.25, 0.3) is 0 Å². The lowest BCUT2D eigenvalue weighted by Gasteiger charge is -2.05. The number of carbonyl (C=O) groups excluding carboxylic acids is 2. The van der Waals surface area contributed by atoms with E-state index in [1.54, 1.807) is 0 Å². The van der Waals surface area contributed by atoms with Crippen molar-refractivity contribution in [3.05, 3.63) is 36.2 Å². The van der Waals surface area contributed by atoms with Crippen molar-refractivity contribution >= 4 is 34.4 Å². The molecule has 1 aromatic carbocycles. The molecule has 0 fully saturated rings. The van der Waals surface area contributed by atoms with E-state index in [4.69, 9.17) is 0 Å². The lowest BCUT2D eigenvalue weighted by molar-refractivity contribution is -0.116. The molecule has 0 unspecified atom stereocenters. The summed E-state index contributed by atoms with van der Waals surface area (Å²) in [7, 11) is 1.25. The van der Waals surface area contributed by atoms with Gasteiger partial charge in [-0.2, -0.15) is 0 Å². The van der Waals surface area contributed by atoms with E-state index in [9.17, 15) is 9.59 Å². The zero-order valence-electron chi connectivity index (χ0n) is 13.2. The van der Waals surface area contributed by atoms with Crippen molar-refractivity contribution in [3.8, 4) is 0 Å². The maximum Gasteiger partial charge on any atom is 0.412 e. The van der Waals surface area contributed by atoms with Gasteiger partial charge in [0.05, 0.1) is 13.3 Å². The number of fused-ring (bicyclic) bond motifs is 1. The van der Waals surface area contributed by atoms with Crippen LogP contribution in [0.4, 0.5) is 16.3 Å².